The number of hydrogen-bond donors (Lipinski definition) is 1. The third kappa shape index (κ3) is 2.46. The summed E-state index contributed by atoms with van der Waals surface area (Å²) >= 11 is 3.44. The molecule has 1 heterocycles. The van der Waals surface area contributed by atoms with Crippen LogP contribution in [0.4, 0.5) is 0 Å². The zero-order valence-electron chi connectivity index (χ0n) is 12.9. The van der Waals surface area contributed by atoms with Gasteiger partial charge in [0.1, 0.15) is 5.78 Å². The standard InChI is InChI=1S/C17H19BrN2O2/c1-9-14-13(20-19-9)8-17(3,22)16(10(2)21)15(14)11-4-6-12(18)7-5-11/h4-7,14-16,22H,8H2,1-3H3/t14-,15-,16-,17-/m0/s1. The van der Waals surface area contributed by atoms with Crippen LogP contribution in [0.5, 0.6) is 0 Å². The summed E-state index contributed by atoms with van der Waals surface area (Å²) in [5.41, 5.74) is 1.74. The van der Waals surface area contributed by atoms with E-state index in [9.17, 15) is 9.90 Å². The molecule has 1 aliphatic heterocycles. The first-order valence-electron chi connectivity index (χ1n) is 7.40. The van der Waals surface area contributed by atoms with Gasteiger partial charge in [0.15, 0.2) is 0 Å². The maximum absolute atomic E-state index is 12.3. The number of carbonyl (C=O) groups excluding carboxylic acids is 1. The summed E-state index contributed by atoms with van der Waals surface area (Å²) in [4.78, 5) is 12.3. The number of ketones is 1. The van der Waals surface area contributed by atoms with Crippen LogP contribution in [-0.4, -0.2) is 27.9 Å². The molecule has 1 aromatic rings. The minimum absolute atomic E-state index is 0.00954. The number of carbonyl (C=O) groups is 1. The molecule has 1 aliphatic carbocycles. The molecule has 0 spiro atoms. The molecule has 3 rings (SSSR count). The maximum atomic E-state index is 12.3. The second-order valence-corrected chi connectivity index (χ2v) is 7.43. The van der Waals surface area contributed by atoms with Crippen LogP contribution in [0.15, 0.2) is 38.9 Å². The summed E-state index contributed by atoms with van der Waals surface area (Å²) in [5, 5.41) is 19.3. The van der Waals surface area contributed by atoms with Gasteiger partial charge in [-0.05, 0) is 38.5 Å². The van der Waals surface area contributed by atoms with E-state index in [1.165, 1.54) is 0 Å². The molecule has 1 N–H and O–H groups in total. The Kier molecular flexibility index (Phi) is 3.81. The Morgan fingerprint density at radius 2 is 1.95 bits per heavy atom. The molecule has 0 amide bonds. The Morgan fingerprint density at radius 3 is 2.55 bits per heavy atom. The fourth-order valence-electron chi connectivity index (χ4n) is 3.94. The van der Waals surface area contributed by atoms with Crippen molar-refractivity contribution in [2.24, 2.45) is 22.0 Å². The molecule has 1 saturated carbocycles. The first-order valence-corrected chi connectivity index (χ1v) is 8.20. The Balaban J connectivity index is 2.14. The average Bonchev–Trinajstić information content (AvgIpc) is 2.77. The molecule has 0 bridgehead atoms. The lowest BCUT2D eigenvalue weighted by atomic mass is 9.59. The van der Waals surface area contributed by atoms with Crippen molar-refractivity contribution in [3.8, 4) is 0 Å². The van der Waals surface area contributed by atoms with Gasteiger partial charge in [-0.1, -0.05) is 28.1 Å². The molecule has 116 valence electrons. The molecular formula is C17H19BrN2O2. The van der Waals surface area contributed by atoms with E-state index in [1.807, 2.05) is 31.2 Å². The quantitative estimate of drug-likeness (QED) is 0.876. The summed E-state index contributed by atoms with van der Waals surface area (Å²) in [6, 6.07) is 7.95. The largest absolute Gasteiger partial charge is 0.389 e. The number of fused-ring (bicyclic) bond motifs is 1. The normalized spacial score (nSPS) is 34.0. The smallest absolute Gasteiger partial charge is 0.136 e. The first-order chi connectivity index (χ1) is 10.3. The number of Topliss-reactive ketones (excluding diaryl/α,β-unsaturated/α-hetero) is 1. The van der Waals surface area contributed by atoms with Crippen molar-refractivity contribution in [3.05, 3.63) is 34.3 Å². The van der Waals surface area contributed by atoms with Gasteiger partial charge in [-0.25, -0.2) is 0 Å². The van der Waals surface area contributed by atoms with Crippen LogP contribution in [0.25, 0.3) is 0 Å². The molecule has 0 radical (unpaired) electrons. The van der Waals surface area contributed by atoms with E-state index < -0.39 is 11.5 Å². The van der Waals surface area contributed by atoms with E-state index in [-0.39, 0.29) is 17.6 Å². The molecule has 22 heavy (non-hydrogen) atoms. The maximum Gasteiger partial charge on any atom is 0.136 e. The fourth-order valence-corrected chi connectivity index (χ4v) is 4.20. The monoisotopic (exact) mass is 362 g/mol. The molecule has 0 saturated heterocycles. The highest BCUT2D eigenvalue weighted by Crippen LogP contribution is 2.48. The molecule has 4 atom stereocenters. The minimum Gasteiger partial charge on any atom is -0.389 e. The van der Waals surface area contributed by atoms with Gasteiger partial charge in [-0.3, -0.25) is 4.79 Å². The Morgan fingerprint density at radius 1 is 1.32 bits per heavy atom. The van der Waals surface area contributed by atoms with Crippen LogP contribution in [0, 0.1) is 11.8 Å². The predicted molar refractivity (Wildman–Crippen MR) is 90.3 cm³/mol. The van der Waals surface area contributed by atoms with Crippen LogP contribution in [0.1, 0.15) is 38.7 Å². The van der Waals surface area contributed by atoms with Crippen molar-refractivity contribution in [1.29, 1.82) is 0 Å². The van der Waals surface area contributed by atoms with E-state index in [0.717, 1.165) is 21.5 Å². The van der Waals surface area contributed by atoms with Crippen molar-refractivity contribution in [1.82, 2.24) is 0 Å². The van der Waals surface area contributed by atoms with Crippen LogP contribution in [0.2, 0.25) is 0 Å². The van der Waals surface area contributed by atoms with Gasteiger partial charge < -0.3 is 5.11 Å². The second-order valence-electron chi connectivity index (χ2n) is 6.51. The second kappa shape index (κ2) is 5.39. The zero-order chi connectivity index (χ0) is 16.1. The van der Waals surface area contributed by atoms with E-state index in [4.69, 9.17) is 0 Å². The van der Waals surface area contributed by atoms with Gasteiger partial charge in [-0.15, -0.1) is 0 Å². The Bertz CT molecular complexity index is 676. The molecule has 0 aromatic heterocycles. The molecule has 1 fully saturated rings. The number of benzene rings is 1. The summed E-state index contributed by atoms with van der Waals surface area (Å²) in [7, 11) is 0. The summed E-state index contributed by atoms with van der Waals surface area (Å²) in [6.07, 6.45) is 0.399. The number of aliphatic hydroxyl groups is 1. The summed E-state index contributed by atoms with van der Waals surface area (Å²) in [5.74, 6) is -0.563. The number of rotatable bonds is 2. The molecule has 5 heteroatoms. The number of halogens is 1. The van der Waals surface area contributed by atoms with Gasteiger partial charge in [-0.2, -0.15) is 10.2 Å². The van der Waals surface area contributed by atoms with Gasteiger partial charge in [0.25, 0.3) is 0 Å². The Hall–Kier alpha value is -1.33. The van der Waals surface area contributed by atoms with Crippen LogP contribution >= 0.6 is 15.9 Å². The highest BCUT2D eigenvalue weighted by Gasteiger charge is 2.53. The minimum atomic E-state index is -1.10. The molecule has 1 aromatic carbocycles. The lowest BCUT2D eigenvalue weighted by Crippen LogP contribution is -2.53. The van der Waals surface area contributed by atoms with Crippen molar-refractivity contribution in [2.75, 3.05) is 0 Å². The first kappa shape index (κ1) is 15.6. The van der Waals surface area contributed by atoms with Crippen LogP contribution < -0.4 is 0 Å². The lowest BCUT2D eigenvalue weighted by molar-refractivity contribution is -0.131. The molecule has 4 nitrogen and oxygen atoms in total. The van der Waals surface area contributed by atoms with Crippen molar-refractivity contribution in [2.45, 2.75) is 38.7 Å². The fraction of sp³-hybridized carbons (Fsp3) is 0.471. The van der Waals surface area contributed by atoms with Gasteiger partial charge in [0.05, 0.1) is 17.2 Å². The summed E-state index contributed by atoms with van der Waals surface area (Å²) in [6.45, 7) is 5.25. The lowest BCUT2D eigenvalue weighted by Gasteiger charge is -2.45. The SMILES string of the molecule is CC(=O)[C@H]1[C@@H](c2ccc(Br)cc2)[C@H]2C(C)=NN=C2C[C@]1(C)O. The van der Waals surface area contributed by atoms with Crippen molar-refractivity contribution >= 4 is 33.1 Å². The van der Waals surface area contributed by atoms with Gasteiger partial charge in [0.2, 0.25) is 0 Å². The molecule has 2 aliphatic rings. The predicted octanol–water partition coefficient (Wildman–Crippen LogP) is 3.34. The topological polar surface area (TPSA) is 62.0 Å². The highest BCUT2D eigenvalue weighted by molar-refractivity contribution is 9.10. The van der Waals surface area contributed by atoms with E-state index in [0.29, 0.717) is 6.42 Å². The number of nitrogens with zero attached hydrogens (tertiary/aromatic N) is 2. The summed E-state index contributed by atoms with van der Waals surface area (Å²) < 4.78 is 0.990. The van der Waals surface area contributed by atoms with Crippen LogP contribution in [0.3, 0.4) is 0 Å². The Labute approximate surface area is 138 Å². The van der Waals surface area contributed by atoms with E-state index in [2.05, 4.69) is 26.1 Å². The van der Waals surface area contributed by atoms with Crippen LogP contribution in [-0.2, 0) is 4.79 Å². The van der Waals surface area contributed by atoms with Gasteiger partial charge >= 0.3 is 0 Å². The van der Waals surface area contributed by atoms with Crippen molar-refractivity contribution < 1.29 is 9.90 Å². The zero-order valence-corrected chi connectivity index (χ0v) is 14.5. The van der Waals surface area contributed by atoms with Gasteiger partial charge in [0, 0.05) is 28.4 Å². The molecule has 0 unspecified atom stereocenters. The average molecular weight is 363 g/mol. The highest BCUT2D eigenvalue weighted by atomic mass is 79.9. The van der Waals surface area contributed by atoms with E-state index >= 15 is 0 Å². The van der Waals surface area contributed by atoms with Crippen molar-refractivity contribution in [3.63, 3.8) is 0 Å². The third-order valence-corrected chi connectivity index (χ3v) is 5.29. The number of hydrogen-bond acceptors (Lipinski definition) is 4. The van der Waals surface area contributed by atoms with E-state index in [1.54, 1.807) is 13.8 Å². The third-order valence-electron chi connectivity index (χ3n) is 4.77. The molecular weight excluding hydrogens is 344 g/mol.